The van der Waals surface area contributed by atoms with Gasteiger partial charge in [0.15, 0.2) is 6.29 Å². The number of anilines is 1. The molecule has 1 atom stereocenters. The molecule has 2 fully saturated rings. The number of rotatable bonds is 3. The molecule has 0 aromatic heterocycles. The Kier molecular flexibility index (Phi) is 3.79. The molecular formula is C16H20ClNO. The Bertz CT molecular complexity index is 468. The molecule has 2 nitrogen and oxygen atoms in total. The molecule has 3 heteroatoms. The van der Waals surface area contributed by atoms with Gasteiger partial charge in [-0.1, -0.05) is 24.4 Å². The highest BCUT2D eigenvalue weighted by molar-refractivity contribution is 6.33. The molecule has 2 aliphatic rings. The van der Waals surface area contributed by atoms with E-state index in [0.29, 0.717) is 16.6 Å². The van der Waals surface area contributed by atoms with Crippen LogP contribution in [-0.4, -0.2) is 18.9 Å². The summed E-state index contributed by atoms with van der Waals surface area (Å²) in [7, 11) is 0. The van der Waals surface area contributed by atoms with Crippen LogP contribution >= 0.6 is 11.6 Å². The molecule has 1 aliphatic carbocycles. The lowest BCUT2D eigenvalue weighted by Gasteiger charge is -2.31. The predicted molar refractivity (Wildman–Crippen MR) is 79.2 cm³/mol. The molecule has 0 spiro atoms. The van der Waals surface area contributed by atoms with E-state index >= 15 is 0 Å². The summed E-state index contributed by atoms with van der Waals surface area (Å²) in [6.45, 7) is 1.12. The van der Waals surface area contributed by atoms with Crippen LogP contribution in [0.4, 0.5) is 5.69 Å². The minimum Gasteiger partial charge on any atom is -0.368 e. The van der Waals surface area contributed by atoms with Crippen LogP contribution in [0.2, 0.25) is 5.02 Å². The molecule has 1 aromatic rings. The molecule has 102 valence electrons. The van der Waals surface area contributed by atoms with E-state index in [4.69, 9.17) is 11.6 Å². The molecule has 0 radical (unpaired) electrons. The van der Waals surface area contributed by atoms with Gasteiger partial charge in [0.2, 0.25) is 0 Å². The van der Waals surface area contributed by atoms with Crippen molar-refractivity contribution in [2.24, 2.45) is 5.92 Å². The van der Waals surface area contributed by atoms with Crippen molar-refractivity contribution in [1.82, 2.24) is 0 Å². The van der Waals surface area contributed by atoms with E-state index in [1.165, 1.54) is 44.2 Å². The van der Waals surface area contributed by atoms with E-state index in [1.54, 1.807) is 0 Å². The lowest BCUT2D eigenvalue weighted by molar-refractivity contribution is 0.112. The Morgan fingerprint density at radius 1 is 1.16 bits per heavy atom. The van der Waals surface area contributed by atoms with Crippen molar-refractivity contribution in [3.8, 4) is 0 Å². The van der Waals surface area contributed by atoms with Gasteiger partial charge in [0.25, 0.3) is 0 Å². The van der Waals surface area contributed by atoms with Crippen molar-refractivity contribution >= 4 is 23.6 Å². The maximum Gasteiger partial charge on any atom is 0.151 e. The van der Waals surface area contributed by atoms with E-state index in [2.05, 4.69) is 4.90 Å². The van der Waals surface area contributed by atoms with Gasteiger partial charge < -0.3 is 4.90 Å². The van der Waals surface area contributed by atoms with Gasteiger partial charge in [-0.15, -0.1) is 0 Å². The molecule has 1 aliphatic heterocycles. The first-order chi connectivity index (χ1) is 9.29. The summed E-state index contributed by atoms with van der Waals surface area (Å²) in [6, 6.07) is 6.52. The van der Waals surface area contributed by atoms with Crippen LogP contribution in [0.3, 0.4) is 0 Å². The fraction of sp³-hybridized carbons (Fsp3) is 0.562. The van der Waals surface area contributed by atoms with Crippen molar-refractivity contribution in [3.05, 3.63) is 28.8 Å². The van der Waals surface area contributed by atoms with E-state index in [9.17, 15) is 4.79 Å². The van der Waals surface area contributed by atoms with Crippen LogP contribution in [0.5, 0.6) is 0 Å². The summed E-state index contributed by atoms with van der Waals surface area (Å²) in [5.41, 5.74) is 1.77. The third kappa shape index (κ3) is 2.51. The number of nitrogens with zero attached hydrogens (tertiary/aromatic N) is 1. The smallest absolute Gasteiger partial charge is 0.151 e. The molecule has 0 amide bonds. The highest BCUT2D eigenvalue weighted by Crippen LogP contribution is 2.38. The minimum absolute atomic E-state index is 0.574. The molecule has 0 N–H and O–H groups in total. The van der Waals surface area contributed by atoms with Crippen LogP contribution in [0.15, 0.2) is 18.2 Å². The summed E-state index contributed by atoms with van der Waals surface area (Å²) in [5, 5.41) is 0.574. The highest BCUT2D eigenvalue weighted by Gasteiger charge is 2.33. The first-order valence-electron chi connectivity index (χ1n) is 7.31. The van der Waals surface area contributed by atoms with Crippen molar-refractivity contribution in [2.45, 2.75) is 44.6 Å². The summed E-state index contributed by atoms with van der Waals surface area (Å²) in [4.78, 5) is 13.3. The van der Waals surface area contributed by atoms with Crippen LogP contribution < -0.4 is 4.90 Å². The molecule has 19 heavy (non-hydrogen) atoms. The molecule has 1 saturated carbocycles. The van der Waals surface area contributed by atoms with E-state index in [-0.39, 0.29) is 0 Å². The fourth-order valence-electron chi connectivity index (χ4n) is 3.74. The van der Waals surface area contributed by atoms with Gasteiger partial charge >= 0.3 is 0 Å². The number of halogens is 1. The maximum absolute atomic E-state index is 10.8. The van der Waals surface area contributed by atoms with Gasteiger partial charge in [-0.2, -0.15) is 0 Å². The van der Waals surface area contributed by atoms with Gasteiger partial charge in [-0.05, 0) is 49.8 Å². The average molecular weight is 278 g/mol. The number of hydrogen-bond donors (Lipinski definition) is 0. The second-order valence-electron chi connectivity index (χ2n) is 5.77. The number of carbonyl (C=O) groups excluding carboxylic acids is 1. The van der Waals surface area contributed by atoms with E-state index < -0.39 is 0 Å². The predicted octanol–water partition coefficient (Wildman–Crippen LogP) is 4.31. The molecule has 1 unspecified atom stereocenters. The van der Waals surface area contributed by atoms with Crippen LogP contribution in [-0.2, 0) is 0 Å². The standard InChI is InChI=1S/C16H20ClNO/c17-15-10-14(8-7-13(15)11-19)18-9-3-6-16(18)12-4-1-2-5-12/h7-8,10-12,16H,1-6,9H2. The number of aldehydes is 1. The van der Waals surface area contributed by atoms with Gasteiger partial charge in [0, 0.05) is 23.8 Å². The second-order valence-corrected chi connectivity index (χ2v) is 6.18. The summed E-state index contributed by atoms with van der Waals surface area (Å²) in [6.07, 6.45) is 8.93. The third-order valence-corrected chi connectivity index (χ3v) is 5.01. The lowest BCUT2D eigenvalue weighted by atomic mass is 9.95. The Labute approximate surface area is 119 Å². The SMILES string of the molecule is O=Cc1ccc(N2CCCC2C2CCCC2)cc1Cl. The Morgan fingerprint density at radius 3 is 2.63 bits per heavy atom. The fourth-order valence-corrected chi connectivity index (χ4v) is 3.95. The van der Waals surface area contributed by atoms with Gasteiger partial charge in [-0.3, -0.25) is 4.79 Å². The Balaban J connectivity index is 1.83. The van der Waals surface area contributed by atoms with Crippen molar-refractivity contribution in [1.29, 1.82) is 0 Å². The van der Waals surface area contributed by atoms with E-state index in [0.717, 1.165) is 18.7 Å². The van der Waals surface area contributed by atoms with Crippen LogP contribution in [0, 0.1) is 5.92 Å². The van der Waals surface area contributed by atoms with Gasteiger partial charge in [0.05, 0.1) is 5.02 Å². The highest BCUT2D eigenvalue weighted by atomic mass is 35.5. The first-order valence-corrected chi connectivity index (χ1v) is 7.69. The zero-order valence-corrected chi connectivity index (χ0v) is 11.9. The normalized spacial score (nSPS) is 24.1. The Morgan fingerprint density at radius 2 is 1.95 bits per heavy atom. The van der Waals surface area contributed by atoms with Crippen LogP contribution in [0.1, 0.15) is 48.9 Å². The third-order valence-electron chi connectivity index (χ3n) is 4.69. The summed E-state index contributed by atoms with van der Waals surface area (Å²) < 4.78 is 0. The van der Waals surface area contributed by atoms with Crippen molar-refractivity contribution in [3.63, 3.8) is 0 Å². The second kappa shape index (κ2) is 5.54. The zero-order valence-electron chi connectivity index (χ0n) is 11.1. The monoisotopic (exact) mass is 277 g/mol. The molecule has 3 rings (SSSR count). The first kappa shape index (κ1) is 13.0. The molecule has 1 aromatic carbocycles. The topological polar surface area (TPSA) is 20.3 Å². The number of benzene rings is 1. The molecular weight excluding hydrogens is 258 g/mol. The molecule has 1 saturated heterocycles. The average Bonchev–Trinajstić information content (AvgIpc) is 3.09. The quantitative estimate of drug-likeness (QED) is 0.767. The van der Waals surface area contributed by atoms with Gasteiger partial charge in [-0.25, -0.2) is 0 Å². The summed E-state index contributed by atoms with van der Waals surface area (Å²) in [5.74, 6) is 0.854. The lowest BCUT2D eigenvalue weighted by Crippen LogP contribution is -2.34. The zero-order chi connectivity index (χ0) is 13.2. The largest absolute Gasteiger partial charge is 0.368 e. The maximum atomic E-state index is 10.8. The Hall–Kier alpha value is -1.02. The van der Waals surface area contributed by atoms with Gasteiger partial charge in [0.1, 0.15) is 0 Å². The molecule has 0 bridgehead atoms. The number of carbonyl (C=O) groups is 1. The summed E-state index contributed by atoms with van der Waals surface area (Å²) >= 11 is 6.16. The van der Waals surface area contributed by atoms with E-state index in [1.807, 2.05) is 18.2 Å². The van der Waals surface area contributed by atoms with Crippen LogP contribution in [0.25, 0.3) is 0 Å². The number of hydrogen-bond acceptors (Lipinski definition) is 2. The minimum atomic E-state index is 0.574. The van der Waals surface area contributed by atoms with Crippen molar-refractivity contribution < 1.29 is 4.79 Å². The molecule has 1 heterocycles. The van der Waals surface area contributed by atoms with Crippen molar-refractivity contribution in [2.75, 3.05) is 11.4 Å².